The van der Waals surface area contributed by atoms with Gasteiger partial charge >= 0.3 is 0 Å². The predicted molar refractivity (Wildman–Crippen MR) is 85.8 cm³/mol. The van der Waals surface area contributed by atoms with Crippen molar-refractivity contribution in [2.24, 2.45) is 0 Å². The highest BCUT2D eigenvalue weighted by Crippen LogP contribution is 2.31. The molecule has 23 heavy (non-hydrogen) atoms. The average Bonchev–Trinajstić information content (AvgIpc) is 3.06. The Morgan fingerprint density at radius 3 is 2.96 bits per heavy atom. The zero-order valence-corrected chi connectivity index (χ0v) is 12.6. The number of para-hydroxylation sites is 2. The smallest absolute Gasteiger partial charge is 0.274 e. The lowest BCUT2D eigenvalue weighted by Crippen LogP contribution is -2.39. The monoisotopic (exact) mass is 307 g/mol. The molecule has 6 heteroatoms. The van der Waals surface area contributed by atoms with E-state index in [0.29, 0.717) is 5.69 Å². The van der Waals surface area contributed by atoms with Gasteiger partial charge in [-0.2, -0.15) is 0 Å². The van der Waals surface area contributed by atoms with Gasteiger partial charge in [-0.25, -0.2) is 9.97 Å². The number of H-pyrrole nitrogens is 1. The third kappa shape index (κ3) is 2.56. The maximum Gasteiger partial charge on any atom is 0.274 e. The topological polar surface area (TPSA) is 74.8 Å². The van der Waals surface area contributed by atoms with Crippen molar-refractivity contribution < 1.29 is 4.79 Å². The number of imidazole rings is 1. The van der Waals surface area contributed by atoms with Crippen molar-refractivity contribution in [1.29, 1.82) is 0 Å². The summed E-state index contributed by atoms with van der Waals surface area (Å²) in [5.74, 6) is 0.770. The molecule has 0 saturated carbocycles. The summed E-state index contributed by atoms with van der Waals surface area (Å²) in [6.45, 7) is 0.719. The first-order valence-corrected chi connectivity index (χ1v) is 7.84. The first-order valence-electron chi connectivity index (χ1n) is 7.84. The minimum absolute atomic E-state index is 0.0364. The van der Waals surface area contributed by atoms with E-state index in [1.54, 1.807) is 12.4 Å². The average molecular weight is 307 g/mol. The lowest BCUT2D eigenvalue weighted by Gasteiger charge is -2.34. The van der Waals surface area contributed by atoms with Crippen LogP contribution in [0.1, 0.15) is 41.6 Å². The Labute approximate surface area is 133 Å². The van der Waals surface area contributed by atoms with Crippen molar-refractivity contribution in [3.05, 3.63) is 54.4 Å². The van der Waals surface area contributed by atoms with Gasteiger partial charge in [-0.15, -0.1) is 0 Å². The van der Waals surface area contributed by atoms with Gasteiger partial charge in [0, 0.05) is 18.9 Å². The van der Waals surface area contributed by atoms with Crippen molar-refractivity contribution in [2.45, 2.75) is 25.3 Å². The van der Waals surface area contributed by atoms with Crippen LogP contribution in [0.25, 0.3) is 11.0 Å². The highest BCUT2D eigenvalue weighted by Gasteiger charge is 2.31. The second-order valence-electron chi connectivity index (χ2n) is 5.74. The first-order chi connectivity index (χ1) is 11.3. The predicted octanol–water partition coefficient (Wildman–Crippen LogP) is 2.72. The molecule has 1 fully saturated rings. The summed E-state index contributed by atoms with van der Waals surface area (Å²) in [6.07, 6.45) is 7.64. The molecule has 0 bridgehead atoms. The second kappa shape index (κ2) is 5.79. The Morgan fingerprint density at radius 1 is 1.22 bits per heavy atom. The van der Waals surface area contributed by atoms with Crippen molar-refractivity contribution in [1.82, 2.24) is 24.8 Å². The molecule has 0 spiro atoms. The minimum Gasteiger partial charge on any atom is -0.340 e. The quantitative estimate of drug-likeness (QED) is 0.790. The maximum atomic E-state index is 12.8. The summed E-state index contributed by atoms with van der Waals surface area (Å²) in [5.41, 5.74) is 2.32. The van der Waals surface area contributed by atoms with E-state index in [1.807, 2.05) is 29.2 Å². The first kappa shape index (κ1) is 13.9. The van der Waals surface area contributed by atoms with Crippen LogP contribution in [0, 0.1) is 0 Å². The largest absolute Gasteiger partial charge is 0.340 e. The Hall–Kier alpha value is -2.76. The number of aromatic amines is 1. The summed E-state index contributed by atoms with van der Waals surface area (Å²) < 4.78 is 0. The standard InChI is InChI=1S/C17H17N5O/c23-17(14-11-18-8-9-19-14)22-10-4-3-7-15(22)16-20-12-5-1-2-6-13(12)21-16/h1-2,5-6,8-9,11,15H,3-4,7,10H2,(H,20,21)/t15-/m0/s1. The fourth-order valence-corrected chi connectivity index (χ4v) is 3.15. The number of benzene rings is 1. The maximum absolute atomic E-state index is 12.8. The van der Waals surface area contributed by atoms with Crippen LogP contribution in [0.3, 0.4) is 0 Å². The molecule has 2 aromatic heterocycles. The second-order valence-corrected chi connectivity index (χ2v) is 5.74. The highest BCUT2D eigenvalue weighted by atomic mass is 16.2. The van der Waals surface area contributed by atoms with E-state index in [0.717, 1.165) is 42.7 Å². The Morgan fingerprint density at radius 2 is 2.13 bits per heavy atom. The molecule has 1 atom stereocenters. The molecule has 0 aliphatic carbocycles. The molecule has 1 aromatic carbocycles. The van der Waals surface area contributed by atoms with Crippen molar-refractivity contribution in [2.75, 3.05) is 6.54 Å². The van der Waals surface area contributed by atoms with Gasteiger partial charge in [0.1, 0.15) is 11.5 Å². The fraction of sp³-hybridized carbons (Fsp3) is 0.294. The van der Waals surface area contributed by atoms with Crippen molar-refractivity contribution >= 4 is 16.9 Å². The van der Waals surface area contributed by atoms with Gasteiger partial charge in [-0.1, -0.05) is 12.1 Å². The number of hydrogen-bond donors (Lipinski definition) is 1. The number of piperidine rings is 1. The van der Waals surface area contributed by atoms with Gasteiger partial charge in [-0.3, -0.25) is 9.78 Å². The number of likely N-dealkylation sites (tertiary alicyclic amines) is 1. The van der Waals surface area contributed by atoms with Gasteiger partial charge in [-0.05, 0) is 31.4 Å². The molecule has 1 N–H and O–H groups in total. The zero-order chi connectivity index (χ0) is 15.6. The molecule has 0 unspecified atom stereocenters. The molecule has 1 saturated heterocycles. The van der Waals surface area contributed by atoms with Gasteiger partial charge < -0.3 is 9.88 Å². The van der Waals surface area contributed by atoms with E-state index >= 15 is 0 Å². The number of carbonyl (C=O) groups excluding carboxylic acids is 1. The summed E-state index contributed by atoms with van der Waals surface area (Å²) in [4.78, 5) is 30.8. The molecule has 3 aromatic rings. The van der Waals surface area contributed by atoms with Gasteiger partial charge in [0.05, 0.1) is 23.3 Å². The Kier molecular flexibility index (Phi) is 3.49. The number of fused-ring (bicyclic) bond motifs is 1. The summed E-state index contributed by atoms with van der Waals surface area (Å²) in [6, 6.07) is 7.89. The third-order valence-corrected chi connectivity index (χ3v) is 4.27. The fourth-order valence-electron chi connectivity index (χ4n) is 3.15. The molecular formula is C17H17N5O. The molecule has 3 heterocycles. The molecule has 1 aliphatic heterocycles. The summed E-state index contributed by atoms with van der Waals surface area (Å²) >= 11 is 0. The number of carbonyl (C=O) groups is 1. The molecule has 1 amide bonds. The van der Waals surface area contributed by atoms with Crippen LogP contribution in [0.15, 0.2) is 42.9 Å². The van der Waals surface area contributed by atoms with E-state index in [9.17, 15) is 4.79 Å². The number of nitrogens with zero attached hydrogens (tertiary/aromatic N) is 4. The van der Waals surface area contributed by atoms with Gasteiger partial charge in [0.2, 0.25) is 0 Å². The molecular weight excluding hydrogens is 290 g/mol. The van der Waals surface area contributed by atoms with E-state index < -0.39 is 0 Å². The van der Waals surface area contributed by atoms with Gasteiger partial charge in [0.25, 0.3) is 5.91 Å². The van der Waals surface area contributed by atoms with Crippen LogP contribution in [-0.2, 0) is 0 Å². The summed E-state index contributed by atoms with van der Waals surface area (Å²) in [7, 11) is 0. The normalized spacial score (nSPS) is 18.3. The molecule has 0 radical (unpaired) electrons. The number of rotatable bonds is 2. The van der Waals surface area contributed by atoms with Crippen molar-refractivity contribution in [3.63, 3.8) is 0 Å². The van der Waals surface area contributed by atoms with Crippen LogP contribution in [-0.4, -0.2) is 37.3 Å². The molecule has 6 nitrogen and oxygen atoms in total. The highest BCUT2D eigenvalue weighted by molar-refractivity contribution is 5.92. The van der Waals surface area contributed by atoms with E-state index in [2.05, 4.69) is 19.9 Å². The van der Waals surface area contributed by atoms with Crippen molar-refractivity contribution in [3.8, 4) is 0 Å². The Balaban J connectivity index is 1.69. The number of aromatic nitrogens is 4. The van der Waals surface area contributed by atoms with Crippen LogP contribution in [0.5, 0.6) is 0 Å². The lowest BCUT2D eigenvalue weighted by atomic mass is 10.0. The molecule has 116 valence electrons. The third-order valence-electron chi connectivity index (χ3n) is 4.27. The summed E-state index contributed by atoms with van der Waals surface area (Å²) in [5, 5.41) is 0. The van der Waals surface area contributed by atoms with Gasteiger partial charge in [0.15, 0.2) is 0 Å². The van der Waals surface area contributed by atoms with E-state index in [-0.39, 0.29) is 11.9 Å². The molecule has 1 aliphatic rings. The number of nitrogens with one attached hydrogen (secondary N) is 1. The van der Waals surface area contributed by atoms with Crippen LogP contribution < -0.4 is 0 Å². The van der Waals surface area contributed by atoms with Crippen LogP contribution >= 0.6 is 0 Å². The van der Waals surface area contributed by atoms with E-state index in [4.69, 9.17) is 0 Å². The molecule has 4 rings (SSSR count). The zero-order valence-electron chi connectivity index (χ0n) is 12.6. The number of amides is 1. The Bertz CT molecular complexity index is 796. The minimum atomic E-state index is -0.0803. The van der Waals surface area contributed by atoms with Crippen LogP contribution in [0.4, 0.5) is 0 Å². The lowest BCUT2D eigenvalue weighted by molar-refractivity contribution is 0.0594. The number of hydrogen-bond acceptors (Lipinski definition) is 4. The SMILES string of the molecule is O=C(c1cnccn1)N1CCCC[C@H]1c1nc2ccccc2[nH]1. The van der Waals surface area contributed by atoms with E-state index in [1.165, 1.54) is 6.20 Å². The van der Waals surface area contributed by atoms with Crippen LogP contribution in [0.2, 0.25) is 0 Å².